The van der Waals surface area contributed by atoms with E-state index in [0.29, 0.717) is 6.04 Å². The van der Waals surface area contributed by atoms with Crippen molar-refractivity contribution in [3.63, 3.8) is 0 Å². The van der Waals surface area contributed by atoms with Crippen LogP contribution in [-0.2, 0) is 0 Å². The van der Waals surface area contributed by atoms with Crippen LogP contribution < -0.4 is 5.32 Å². The van der Waals surface area contributed by atoms with Crippen LogP contribution in [0, 0.1) is 12.8 Å². The Morgan fingerprint density at radius 3 is 2.75 bits per heavy atom. The molecule has 0 aliphatic carbocycles. The van der Waals surface area contributed by atoms with E-state index < -0.39 is 0 Å². The van der Waals surface area contributed by atoms with Gasteiger partial charge in [0.15, 0.2) is 0 Å². The number of aryl methyl sites for hydroxylation is 1. The van der Waals surface area contributed by atoms with Gasteiger partial charge in [-0.1, -0.05) is 31.2 Å². The average molecular weight is 274 g/mol. The maximum Gasteiger partial charge on any atom is 0.0332 e. The third-order valence-corrected chi connectivity index (χ3v) is 5.12. The molecule has 112 valence electrons. The highest BCUT2D eigenvalue weighted by Crippen LogP contribution is 2.25. The van der Waals surface area contributed by atoms with Gasteiger partial charge in [0.05, 0.1) is 0 Å². The number of likely N-dealkylation sites (tertiary alicyclic amines) is 1. The van der Waals surface area contributed by atoms with Crippen LogP contribution in [0.4, 0.5) is 0 Å². The molecule has 0 bridgehead atoms. The molecule has 0 amide bonds. The highest BCUT2D eigenvalue weighted by molar-refractivity contribution is 5.28. The Labute approximate surface area is 124 Å². The predicted molar refractivity (Wildman–Crippen MR) is 87.0 cm³/mol. The second-order valence-electron chi connectivity index (χ2n) is 6.38. The molecule has 1 aromatic carbocycles. The lowest BCUT2D eigenvalue weighted by molar-refractivity contribution is 0.109. The van der Waals surface area contributed by atoms with Gasteiger partial charge in [0.2, 0.25) is 0 Å². The summed E-state index contributed by atoms with van der Waals surface area (Å²) in [5.74, 6) is 0.843. The molecule has 2 rings (SSSR count). The van der Waals surface area contributed by atoms with Crippen molar-refractivity contribution >= 4 is 0 Å². The second kappa shape index (κ2) is 7.24. The summed E-state index contributed by atoms with van der Waals surface area (Å²) in [5, 5.41) is 3.50. The van der Waals surface area contributed by atoms with Crippen LogP contribution in [0.3, 0.4) is 0 Å². The second-order valence-corrected chi connectivity index (χ2v) is 6.38. The van der Waals surface area contributed by atoms with Crippen molar-refractivity contribution < 1.29 is 0 Å². The van der Waals surface area contributed by atoms with Crippen molar-refractivity contribution in [2.24, 2.45) is 5.92 Å². The van der Waals surface area contributed by atoms with Crippen LogP contribution in [0.1, 0.15) is 50.3 Å². The van der Waals surface area contributed by atoms with Crippen molar-refractivity contribution in [1.82, 2.24) is 10.2 Å². The number of piperidine rings is 1. The van der Waals surface area contributed by atoms with Crippen molar-refractivity contribution in [2.45, 2.75) is 52.1 Å². The first-order valence-electron chi connectivity index (χ1n) is 8.10. The minimum Gasteiger partial charge on any atom is -0.313 e. The van der Waals surface area contributed by atoms with E-state index >= 15 is 0 Å². The zero-order valence-corrected chi connectivity index (χ0v) is 13.5. The van der Waals surface area contributed by atoms with E-state index in [1.807, 2.05) is 0 Å². The summed E-state index contributed by atoms with van der Waals surface area (Å²) in [5.41, 5.74) is 2.85. The Bertz CT molecular complexity index is 416. The molecule has 3 atom stereocenters. The molecular formula is C18H30N2. The topological polar surface area (TPSA) is 15.3 Å². The predicted octanol–water partition coefficient (Wildman–Crippen LogP) is 3.77. The number of nitrogens with one attached hydrogen (secondary N) is 1. The van der Waals surface area contributed by atoms with E-state index in [-0.39, 0.29) is 0 Å². The first-order valence-corrected chi connectivity index (χ1v) is 8.10. The summed E-state index contributed by atoms with van der Waals surface area (Å²) in [6.07, 6.45) is 3.95. The van der Waals surface area contributed by atoms with Gasteiger partial charge in [0.1, 0.15) is 0 Å². The lowest BCUT2D eigenvalue weighted by Crippen LogP contribution is -2.43. The van der Waals surface area contributed by atoms with Crippen LogP contribution in [-0.4, -0.2) is 31.1 Å². The van der Waals surface area contributed by atoms with Gasteiger partial charge in [-0.15, -0.1) is 0 Å². The normalized spacial score (nSPS) is 25.6. The van der Waals surface area contributed by atoms with Crippen LogP contribution in [0.25, 0.3) is 0 Å². The third kappa shape index (κ3) is 3.62. The number of hydrogen-bond donors (Lipinski definition) is 1. The van der Waals surface area contributed by atoms with Crippen molar-refractivity contribution in [2.75, 3.05) is 20.1 Å². The van der Waals surface area contributed by atoms with Gasteiger partial charge in [0, 0.05) is 18.6 Å². The fourth-order valence-corrected chi connectivity index (χ4v) is 3.46. The highest BCUT2D eigenvalue weighted by Gasteiger charge is 2.25. The molecule has 0 spiro atoms. The zero-order chi connectivity index (χ0) is 14.5. The molecule has 1 heterocycles. The van der Waals surface area contributed by atoms with Gasteiger partial charge in [-0.05, 0) is 63.7 Å². The minimum atomic E-state index is 0.473. The fourth-order valence-electron chi connectivity index (χ4n) is 3.46. The van der Waals surface area contributed by atoms with Gasteiger partial charge in [-0.3, -0.25) is 0 Å². The van der Waals surface area contributed by atoms with Crippen LogP contribution >= 0.6 is 0 Å². The molecule has 0 radical (unpaired) electrons. The summed E-state index contributed by atoms with van der Waals surface area (Å²) < 4.78 is 0. The molecule has 20 heavy (non-hydrogen) atoms. The van der Waals surface area contributed by atoms with Gasteiger partial charge >= 0.3 is 0 Å². The molecular weight excluding hydrogens is 244 g/mol. The molecule has 2 nitrogen and oxygen atoms in total. The van der Waals surface area contributed by atoms with E-state index in [1.165, 1.54) is 43.5 Å². The molecule has 0 aromatic heterocycles. The van der Waals surface area contributed by atoms with E-state index in [0.717, 1.165) is 12.0 Å². The molecule has 3 unspecified atom stereocenters. The van der Waals surface area contributed by atoms with Crippen LogP contribution in [0.2, 0.25) is 0 Å². The number of nitrogens with zero attached hydrogens (tertiary/aromatic N) is 1. The number of hydrogen-bond acceptors (Lipinski definition) is 2. The first kappa shape index (κ1) is 15.5. The lowest BCUT2D eigenvalue weighted by Gasteiger charge is -2.38. The maximum absolute atomic E-state index is 3.50. The minimum absolute atomic E-state index is 0.473. The standard InChI is InChI=1S/C18H30N2/c1-14-9-7-12-20(16(14)3)13-11-18(19-4)17-10-6-5-8-15(17)2/h5-6,8,10,14,16,18-19H,7,9,11-13H2,1-4H3. The highest BCUT2D eigenvalue weighted by atomic mass is 15.2. The molecule has 2 heteroatoms. The van der Waals surface area contributed by atoms with Gasteiger partial charge in [-0.2, -0.15) is 0 Å². The van der Waals surface area contributed by atoms with Crippen molar-refractivity contribution in [3.05, 3.63) is 35.4 Å². The molecule has 1 fully saturated rings. The Kier molecular flexibility index (Phi) is 5.62. The summed E-state index contributed by atoms with van der Waals surface area (Å²) in [7, 11) is 2.08. The zero-order valence-electron chi connectivity index (χ0n) is 13.5. The molecule has 1 N–H and O–H groups in total. The van der Waals surface area contributed by atoms with Gasteiger partial charge in [0.25, 0.3) is 0 Å². The van der Waals surface area contributed by atoms with E-state index in [9.17, 15) is 0 Å². The van der Waals surface area contributed by atoms with E-state index in [1.54, 1.807) is 0 Å². The van der Waals surface area contributed by atoms with Gasteiger partial charge < -0.3 is 10.2 Å². The summed E-state index contributed by atoms with van der Waals surface area (Å²) in [4.78, 5) is 2.68. The number of benzene rings is 1. The Morgan fingerprint density at radius 1 is 1.30 bits per heavy atom. The van der Waals surface area contributed by atoms with Crippen LogP contribution in [0.5, 0.6) is 0 Å². The quantitative estimate of drug-likeness (QED) is 0.879. The molecule has 0 saturated carbocycles. The average Bonchev–Trinajstić information content (AvgIpc) is 2.45. The van der Waals surface area contributed by atoms with Crippen LogP contribution in [0.15, 0.2) is 24.3 Å². The monoisotopic (exact) mass is 274 g/mol. The van der Waals surface area contributed by atoms with Gasteiger partial charge in [-0.25, -0.2) is 0 Å². The van der Waals surface area contributed by atoms with Crippen molar-refractivity contribution in [1.29, 1.82) is 0 Å². The Morgan fingerprint density at radius 2 is 2.05 bits per heavy atom. The molecule has 1 aromatic rings. The van der Waals surface area contributed by atoms with E-state index in [4.69, 9.17) is 0 Å². The SMILES string of the molecule is CNC(CCN1CCCC(C)C1C)c1ccccc1C. The molecule has 1 saturated heterocycles. The maximum atomic E-state index is 3.50. The summed E-state index contributed by atoms with van der Waals surface area (Å²) in [6, 6.07) is 9.96. The molecule has 1 aliphatic heterocycles. The smallest absolute Gasteiger partial charge is 0.0332 e. The summed E-state index contributed by atoms with van der Waals surface area (Å²) >= 11 is 0. The fraction of sp³-hybridized carbons (Fsp3) is 0.667. The first-order chi connectivity index (χ1) is 9.63. The largest absolute Gasteiger partial charge is 0.313 e. The van der Waals surface area contributed by atoms with Crippen molar-refractivity contribution in [3.8, 4) is 0 Å². The Hall–Kier alpha value is -0.860. The lowest BCUT2D eigenvalue weighted by atomic mass is 9.91. The third-order valence-electron chi connectivity index (χ3n) is 5.12. The summed E-state index contributed by atoms with van der Waals surface area (Å²) in [6.45, 7) is 9.48. The van der Waals surface area contributed by atoms with E-state index in [2.05, 4.69) is 62.3 Å². The Balaban J connectivity index is 1.96. The number of rotatable bonds is 5. The molecule has 1 aliphatic rings.